The fourth-order valence-corrected chi connectivity index (χ4v) is 2.73. The topological polar surface area (TPSA) is 35.2 Å². The molecule has 16 heavy (non-hydrogen) atoms. The van der Waals surface area contributed by atoms with E-state index in [1.807, 2.05) is 6.07 Å². The van der Waals surface area contributed by atoms with Crippen LogP contribution in [0.15, 0.2) is 12.1 Å². The third-order valence-electron chi connectivity index (χ3n) is 3.60. The molecule has 1 aromatic rings. The molecule has 1 aliphatic rings. The third-order valence-corrected chi connectivity index (χ3v) is 3.99. The normalized spacial score (nSPS) is 19.3. The number of methoxy groups -OCH3 is 1. The van der Waals surface area contributed by atoms with Gasteiger partial charge in [-0.2, -0.15) is 0 Å². The van der Waals surface area contributed by atoms with Crippen molar-refractivity contribution >= 4 is 11.6 Å². The highest BCUT2D eigenvalue weighted by molar-refractivity contribution is 6.33. The molecule has 2 N–H and O–H groups in total. The molecule has 2 nitrogen and oxygen atoms in total. The van der Waals surface area contributed by atoms with Gasteiger partial charge in [0.1, 0.15) is 5.75 Å². The maximum absolute atomic E-state index is 6.37. The molecule has 0 aromatic heterocycles. The van der Waals surface area contributed by atoms with Crippen molar-refractivity contribution in [2.24, 2.45) is 5.73 Å². The van der Waals surface area contributed by atoms with Crippen LogP contribution in [0.5, 0.6) is 5.75 Å². The van der Waals surface area contributed by atoms with Crippen LogP contribution in [0.3, 0.4) is 0 Å². The Hall–Kier alpha value is -0.730. The van der Waals surface area contributed by atoms with Gasteiger partial charge < -0.3 is 10.5 Å². The van der Waals surface area contributed by atoms with E-state index in [2.05, 4.69) is 19.9 Å². The van der Waals surface area contributed by atoms with Crippen molar-refractivity contribution in [2.45, 2.75) is 38.1 Å². The number of aryl methyl sites for hydroxylation is 1. The largest absolute Gasteiger partial charge is 0.495 e. The maximum atomic E-state index is 6.37. The van der Waals surface area contributed by atoms with Crippen LogP contribution in [0, 0.1) is 6.92 Å². The summed E-state index contributed by atoms with van der Waals surface area (Å²) < 4.78 is 5.30. The average Bonchev–Trinajstić information content (AvgIpc) is 3.02. The average molecular weight is 240 g/mol. The van der Waals surface area contributed by atoms with Gasteiger partial charge in [0, 0.05) is 11.5 Å². The van der Waals surface area contributed by atoms with E-state index in [0.29, 0.717) is 0 Å². The fourth-order valence-electron chi connectivity index (χ4n) is 2.35. The number of benzene rings is 1. The van der Waals surface area contributed by atoms with E-state index in [4.69, 9.17) is 22.1 Å². The smallest absolute Gasteiger partial charge is 0.138 e. The van der Waals surface area contributed by atoms with Gasteiger partial charge in [0.05, 0.1) is 12.1 Å². The van der Waals surface area contributed by atoms with Crippen LogP contribution in [-0.2, 0) is 5.41 Å². The molecule has 0 amide bonds. The molecule has 1 aliphatic carbocycles. The van der Waals surface area contributed by atoms with Gasteiger partial charge in [-0.1, -0.05) is 17.7 Å². The Morgan fingerprint density at radius 2 is 2.06 bits per heavy atom. The minimum atomic E-state index is 0.0797. The van der Waals surface area contributed by atoms with Crippen molar-refractivity contribution in [3.05, 3.63) is 28.3 Å². The summed E-state index contributed by atoms with van der Waals surface area (Å²) in [5.74, 6) is 0.753. The van der Waals surface area contributed by atoms with E-state index < -0.39 is 0 Å². The second-order valence-electron chi connectivity index (χ2n) is 4.77. The van der Waals surface area contributed by atoms with Crippen LogP contribution >= 0.6 is 11.6 Å². The maximum Gasteiger partial charge on any atom is 0.138 e. The molecule has 1 saturated carbocycles. The Morgan fingerprint density at radius 3 is 2.50 bits per heavy atom. The molecule has 3 heteroatoms. The molecule has 1 unspecified atom stereocenters. The predicted octanol–water partition coefficient (Wildman–Crippen LogP) is 3.04. The zero-order chi connectivity index (χ0) is 11.9. The Morgan fingerprint density at radius 1 is 1.44 bits per heavy atom. The summed E-state index contributed by atoms with van der Waals surface area (Å²) in [5.41, 5.74) is 8.48. The summed E-state index contributed by atoms with van der Waals surface area (Å²) in [7, 11) is 1.65. The Bertz CT molecular complexity index is 411. The first-order chi connectivity index (χ1) is 7.51. The fraction of sp³-hybridized carbons (Fsp3) is 0.538. The molecule has 0 spiro atoms. The van der Waals surface area contributed by atoms with Crippen molar-refractivity contribution in [1.29, 1.82) is 0 Å². The molecule has 1 atom stereocenters. The molecular weight excluding hydrogens is 222 g/mol. The van der Waals surface area contributed by atoms with Crippen molar-refractivity contribution in [3.63, 3.8) is 0 Å². The molecule has 0 radical (unpaired) electrons. The van der Waals surface area contributed by atoms with Crippen LogP contribution in [0.2, 0.25) is 5.02 Å². The van der Waals surface area contributed by atoms with Crippen LogP contribution < -0.4 is 10.5 Å². The molecule has 0 heterocycles. The predicted molar refractivity (Wildman–Crippen MR) is 67.3 cm³/mol. The first-order valence-corrected chi connectivity index (χ1v) is 5.99. The van der Waals surface area contributed by atoms with Gasteiger partial charge >= 0.3 is 0 Å². The summed E-state index contributed by atoms with van der Waals surface area (Å²) in [4.78, 5) is 0. The molecule has 88 valence electrons. The number of halogens is 1. The number of hydrogen-bond acceptors (Lipinski definition) is 2. The van der Waals surface area contributed by atoms with Crippen molar-refractivity contribution in [3.8, 4) is 5.75 Å². The van der Waals surface area contributed by atoms with Crippen molar-refractivity contribution < 1.29 is 4.74 Å². The second kappa shape index (κ2) is 3.94. The lowest BCUT2D eigenvalue weighted by Gasteiger charge is -2.23. The lowest BCUT2D eigenvalue weighted by Crippen LogP contribution is -2.31. The monoisotopic (exact) mass is 239 g/mol. The van der Waals surface area contributed by atoms with Crippen molar-refractivity contribution in [1.82, 2.24) is 0 Å². The van der Waals surface area contributed by atoms with Crippen molar-refractivity contribution in [2.75, 3.05) is 7.11 Å². The number of ether oxygens (including phenoxy) is 1. The van der Waals surface area contributed by atoms with Gasteiger partial charge in [-0.25, -0.2) is 0 Å². The number of nitrogens with two attached hydrogens (primary N) is 1. The first kappa shape index (κ1) is 11.7. The lowest BCUT2D eigenvalue weighted by molar-refractivity contribution is 0.412. The standard InChI is InChI=1S/C13H18ClNO/c1-8-6-10(12(14)11(7-8)16-3)13(4-5-13)9(2)15/h6-7,9H,4-5,15H2,1-3H3. The van der Waals surface area contributed by atoms with Crippen LogP contribution in [0.25, 0.3) is 0 Å². The van der Waals surface area contributed by atoms with Gasteiger partial charge in [0.25, 0.3) is 0 Å². The summed E-state index contributed by atoms with van der Waals surface area (Å²) in [6.07, 6.45) is 2.24. The molecule has 1 fully saturated rings. The highest BCUT2D eigenvalue weighted by Crippen LogP contribution is 2.54. The summed E-state index contributed by atoms with van der Waals surface area (Å²) >= 11 is 6.37. The van der Waals surface area contributed by atoms with Crippen LogP contribution in [-0.4, -0.2) is 13.2 Å². The highest BCUT2D eigenvalue weighted by Gasteiger charge is 2.49. The summed E-state index contributed by atoms with van der Waals surface area (Å²) in [6, 6.07) is 4.24. The Labute approximate surface area is 102 Å². The quantitative estimate of drug-likeness (QED) is 0.880. The van der Waals surface area contributed by atoms with Gasteiger partial charge in [-0.15, -0.1) is 0 Å². The summed E-state index contributed by atoms with van der Waals surface area (Å²) in [5, 5.41) is 0.725. The van der Waals surface area contributed by atoms with Gasteiger partial charge in [0.15, 0.2) is 0 Å². The molecule has 2 rings (SSSR count). The number of rotatable bonds is 3. The zero-order valence-electron chi connectivity index (χ0n) is 10.0. The van der Waals surface area contributed by atoms with Gasteiger partial charge in [0.2, 0.25) is 0 Å². The van der Waals surface area contributed by atoms with E-state index in [0.717, 1.165) is 29.2 Å². The third kappa shape index (κ3) is 1.70. The minimum absolute atomic E-state index is 0.0797. The van der Waals surface area contributed by atoms with Crippen LogP contribution in [0.1, 0.15) is 30.9 Å². The molecule has 0 saturated heterocycles. The van der Waals surface area contributed by atoms with Crippen LogP contribution in [0.4, 0.5) is 0 Å². The SMILES string of the molecule is COc1cc(C)cc(C2(C(C)N)CC2)c1Cl. The first-order valence-electron chi connectivity index (χ1n) is 5.61. The highest BCUT2D eigenvalue weighted by atomic mass is 35.5. The zero-order valence-corrected chi connectivity index (χ0v) is 10.8. The van der Waals surface area contributed by atoms with E-state index in [1.54, 1.807) is 7.11 Å². The minimum Gasteiger partial charge on any atom is -0.495 e. The molecule has 0 bridgehead atoms. The van der Waals surface area contributed by atoms with E-state index in [9.17, 15) is 0 Å². The van der Waals surface area contributed by atoms with E-state index >= 15 is 0 Å². The van der Waals surface area contributed by atoms with Gasteiger partial charge in [-0.05, 0) is 43.9 Å². The molecule has 0 aliphatic heterocycles. The van der Waals surface area contributed by atoms with Gasteiger partial charge in [-0.3, -0.25) is 0 Å². The molecular formula is C13H18ClNO. The Kier molecular flexibility index (Phi) is 2.89. The summed E-state index contributed by atoms with van der Waals surface area (Å²) in [6.45, 7) is 4.11. The molecule has 1 aromatic carbocycles. The second-order valence-corrected chi connectivity index (χ2v) is 5.15. The van der Waals surface area contributed by atoms with E-state index in [1.165, 1.54) is 5.56 Å². The lowest BCUT2D eigenvalue weighted by atomic mass is 9.88. The number of hydrogen-bond donors (Lipinski definition) is 1. The van der Waals surface area contributed by atoms with E-state index in [-0.39, 0.29) is 11.5 Å². The Balaban J connectivity index is 2.53.